The second-order valence-electron chi connectivity index (χ2n) is 8.70. The van der Waals surface area contributed by atoms with Crippen LogP contribution in [0.25, 0.3) is 0 Å². The van der Waals surface area contributed by atoms with Gasteiger partial charge in [0.1, 0.15) is 11.6 Å². The van der Waals surface area contributed by atoms with Gasteiger partial charge in [-0.25, -0.2) is 4.39 Å². The minimum Gasteiger partial charge on any atom is -0.507 e. The zero-order valence-corrected chi connectivity index (χ0v) is 18.8. The van der Waals surface area contributed by atoms with E-state index in [1.54, 1.807) is 12.1 Å². The molecular weight excluding hydrogens is 354 g/mol. The lowest BCUT2D eigenvalue weighted by atomic mass is 9.80. The number of phenols is 1. The standard InChI is InChI=1S/C24H34FOP/c1-8-13-24(9-2,27-22-17(4)11-10-12-20(22)25)19-15-16(3)14-18(21(19)26)23(5,6)7/h10-12,14-15,26-27H,8-9,13H2,1-7H3. The van der Waals surface area contributed by atoms with Crippen LogP contribution in [0.1, 0.15) is 76.1 Å². The molecule has 0 fully saturated rings. The number of rotatable bonds is 6. The first-order valence-corrected chi connectivity index (χ1v) is 10.9. The lowest BCUT2D eigenvalue weighted by Gasteiger charge is -2.36. The summed E-state index contributed by atoms with van der Waals surface area (Å²) in [6.07, 6.45) is 2.79. The van der Waals surface area contributed by atoms with Crippen LogP contribution in [0.15, 0.2) is 30.3 Å². The van der Waals surface area contributed by atoms with Crippen molar-refractivity contribution in [3.05, 3.63) is 58.4 Å². The van der Waals surface area contributed by atoms with E-state index in [1.807, 2.05) is 13.0 Å². The molecule has 0 amide bonds. The lowest BCUT2D eigenvalue weighted by Crippen LogP contribution is -2.26. The van der Waals surface area contributed by atoms with Gasteiger partial charge in [0, 0.05) is 16.0 Å². The van der Waals surface area contributed by atoms with Crippen LogP contribution in [-0.2, 0) is 10.6 Å². The van der Waals surface area contributed by atoms with Crippen LogP contribution < -0.4 is 5.30 Å². The molecule has 0 bridgehead atoms. The number of benzene rings is 2. The highest BCUT2D eigenvalue weighted by Crippen LogP contribution is 2.53. The molecule has 0 spiro atoms. The Morgan fingerprint density at radius 1 is 1.04 bits per heavy atom. The third kappa shape index (κ3) is 4.54. The molecule has 0 radical (unpaired) electrons. The molecule has 148 valence electrons. The van der Waals surface area contributed by atoms with Gasteiger partial charge in [-0.1, -0.05) is 79.4 Å². The Hall–Kier alpha value is -1.40. The first kappa shape index (κ1) is 21.9. The van der Waals surface area contributed by atoms with Crippen LogP contribution in [0.5, 0.6) is 5.75 Å². The molecule has 0 aliphatic rings. The zero-order chi connectivity index (χ0) is 20.4. The fourth-order valence-electron chi connectivity index (χ4n) is 3.89. The summed E-state index contributed by atoms with van der Waals surface area (Å²) < 4.78 is 14.7. The van der Waals surface area contributed by atoms with Gasteiger partial charge in [-0.15, -0.1) is 0 Å². The fourth-order valence-corrected chi connectivity index (χ4v) is 5.73. The van der Waals surface area contributed by atoms with Gasteiger partial charge in [-0.05, 0) is 49.3 Å². The Morgan fingerprint density at radius 2 is 1.67 bits per heavy atom. The summed E-state index contributed by atoms with van der Waals surface area (Å²) in [4.78, 5) is 0. The molecule has 2 aromatic rings. The van der Waals surface area contributed by atoms with Gasteiger partial charge >= 0.3 is 0 Å². The highest BCUT2D eigenvalue weighted by molar-refractivity contribution is 7.48. The molecular formula is C24H34FOP. The predicted octanol–water partition coefficient (Wildman–Crippen LogP) is 6.86. The molecule has 27 heavy (non-hydrogen) atoms. The van der Waals surface area contributed by atoms with Crippen molar-refractivity contribution < 1.29 is 9.50 Å². The van der Waals surface area contributed by atoms with Gasteiger partial charge in [-0.2, -0.15) is 0 Å². The molecule has 0 aliphatic heterocycles. The van der Waals surface area contributed by atoms with Crippen molar-refractivity contribution in [1.82, 2.24) is 0 Å². The van der Waals surface area contributed by atoms with Gasteiger partial charge in [0.25, 0.3) is 0 Å². The highest BCUT2D eigenvalue weighted by atomic mass is 31.1. The number of halogens is 1. The predicted molar refractivity (Wildman–Crippen MR) is 118 cm³/mol. The minimum absolute atomic E-state index is 0.134. The Kier molecular flexibility index (Phi) is 6.74. The van der Waals surface area contributed by atoms with E-state index < -0.39 is 0 Å². The van der Waals surface area contributed by atoms with Gasteiger partial charge in [-0.3, -0.25) is 0 Å². The summed E-state index contributed by atoms with van der Waals surface area (Å²) in [7, 11) is 0.285. The SMILES string of the molecule is CCCC(CC)(Pc1c(C)cccc1F)c1cc(C)cc(C(C)(C)C)c1O. The summed E-state index contributed by atoms with van der Waals surface area (Å²) in [5.74, 6) is 0.260. The number of hydrogen-bond acceptors (Lipinski definition) is 1. The van der Waals surface area contributed by atoms with Crippen LogP contribution in [0, 0.1) is 19.7 Å². The number of aromatic hydroxyl groups is 1. The van der Waals surface area contributed by atoms with Crippen molar-refractivity contribution in [2.75, 3.05) is 0 Å². The fraction of sp³-hybridized carbons (Fsp3) is 0.500. The van der Waals surface area contributed by atoms with Crippen LogP contribution in [-0.4, -0.2) is 5.11 Å². The van der Waals surface area contributed by atoms with E-state index in [0.29, 0.717) is 5.75 Å². The van der Waals surface area contributed by atoms with Crippen LogP contribution >= 0.6 is 8.58 Å². The molecule has 2 aromatic carbocycles. The Labute approximate surface area is 166 Å². The van der Waals surface area contributed by atoms with Crippen LogP contribution in [0.2, 0.25) is 0 Å². The second kappa shape index (κ2) is 8.31. The van der Waals surface area contributed by atoms with Gasteiger partial charge in [0.2, 0.25) is 0 Å². The van der Waals surface area contributed by atoms with Crippen molar-refractivity contribution in [3.8, 4) is 5.75 Å². The average Bonchev–Trinajstić information content (AvgIpc) is 2.58. The van der Waals surface area contributed by atoms with E-state index in [0.717, 1.165) is 46.8 Å². The minimum atomic E-state index is -0.252. The zero-order valence-electron chi connectivity index (χ0n) is 17.8. The molecule has 2 atom stereocenters. The quantitative estimate of drug-likeness (QED) is 0.536. The van der Waals surface area contributed by atoms with Crippen molar-refractivity contribution in [1.29, 1.82) is 0 Å². The molecule has 3 heteroatoms. The van der Waals surface area contributed by atoms with E-state index in [9.17, 15) is 9.50 Å². The summed E-state index contributed by atoms with van der Waals surface area (Å²) in [6, 6.07) is 9.51. The number of hydrogen-bond donors (Lipinski definition) is 1. The Morgan fingerprint density at radius 3 is 2.19 bits per heavy atom. The Balaban J connectivity index is 2.72. The first-order valence-electron chi connectivity index (χ1n) is 9.93. The third-order valence-corrected chi connectivity index (χ3v) is 7.68. The maximum absolute atomic E-state index is 14.7. The van der Waals surface area contributed by atoms with E-state index in [4.69, 9.17) is 0 Å². The molecule has 2 rings (SSSR count). The molecule has 1 N–H and O–H groups in total. The maximum Gasteiger partial charge on any atom is 0.130 e. The monoisotopic (exact) mass is 388 g/mol. The average molecular weight is 389 g/mol. The van der Waals surface area contributed by atoms with Crippen molar-refractivity contribution in [2.45, 2.75) is 78.3 Å². The molecule has 2 unspecified atom stereocenters. The van der Waals surface area contributed by atoms with E-state index in [-0.39, 0.29) is 25.0 Å². The van der Waals surface area contributed by atoms with Crippen LogP contribution in [0.3, 0.4) is 0 Å². The number of phenolic OH excluding ortho intramolecular Hbond substituents is 1. The molecule has 0 heterocycles. The van der Waals surface area contributed by atoms with E-state index >= 15 is 0 Å². The molecule has 0 aliphatic carbocycles. The van der Waals surface area contributed by atoms with Gasteiger partial charge in [0.05, 0.1) is 0 Å². The van der Waals surface area contributed by atoms with Gasteiger partial charge < -0.3 is 5.11 Å². The smallest absolute Gasteiger partial charge is 0.130 e. The maximum atomic E-state index is 14.7. The highest BCUT2D eigenvalue weighted by Gasteiger charge is 2.36. The van der Waals surface area contributed by atoms with Gasteiger partial charge in [0.15, 0.2) is 0 Å². The summed E-state index contributed by atoms with van der Waals surface area (Å²) in [5.41, 5.74) is 3.95. The first-order chi connectivity index (χ1) is 12.6. The van der Waals surface area contributed by atoms with E-state index in [2.05, 4.69) is 53.7 Å². The third-order valence-electron chi connectivity index (χ3n) is 5.44. The second-order valence-corrected chi connectivity index (χ2v) is 10.4. The molecule has 0 saturated heterocycles. The van der Waals surface area contributed by atoms with Crippen molar-refractivity contribution >= 4 is 13.9 Å². The normalized spacial score (nSPS) is 14.7. The molecule has 0 saturated carbocycles. The Bertz CT molecular complexity index is 787. The number of aryl methyl sites for hydroxylation is 2. The van der Waals surface area contributed by atoms with Crippen LogP contribution in [0.4, 0.5) is 4.39 Å². The summed E-state index contributed by atoms with van der Waals surface area (Å²) in [6.45, 7) is 14.8. The van der Waals surface area contributed by atoms with E-state index in [1.165, 1.54) is 0 Å². The molecule has 1 nitrogen and oxygen atoms in total. The summed E-state index contributed by atoms with van der Waals surface area (Å²) >= 11 is 0. The lowest BCUT2D eigenvalue weighted by molar-refractivity contribution is 0.420. The van der Waals surface area contributed by atoms with Crippen molar-refractivity contribution in [2.24, 2.45) is 0 Å². The van der Waals surface area contributed by atoms with Crippen molar-refractivity contribution in [3.63, 3.8) is 0 Å². The largest absolute Gasteiger partial charge is 0.507 e. The molecule has 0 aromatic heterocycles. The topological polar surface area (TPSA) is 20.2 Å². The summed E-state index contributed by atoms with van der Waals surface area (Å²) in [5, 5.41) is 11.8.